The normalized spacial score (nSPS) is 20.3. The maximum atomic E-state index is 11.1. The molecule has 17 heavy (non-hydrogen) atoms. The van der Waals surface area contributed by atoms with E-state index in [2.05, 4.69) is 4.98 Å². The Labute approximate surface area is 99.7 Å². The van der Waals surface area contributed by atoms with Gasteiger partial charge in [-0.25, -0.2) is 4.79 Å². The summed E-state index contributed by atoms with van der Waals surface area (Å²) in [5, 5.41) is 18.5. The van der Waals surface area contributed by atoms with Crippen LogP contribution in [-0.2, 0) is 0 Å². The molecule has 0 amide bonds. The van der Waals surface area contributed by atoms with Crippen molar-refractivity contribution in [3.05, 3.63) is 24.0 Å². The van der Waals surface area contributed by atoms with Crippen molar-refractivity contribution in [3.63, 3.8) is 0 Å². The molecule has 1 aliphatic rings. The van der Waals surface area contributed by atoms with Crippen LogP contribution in [0.15, 0.2) is 18.5 Å². The second-order valence-corrected chi connectivity index (χ2v) is 4.22. The van der Waals surface area contributed by atoms with E-state index >= 15 is 0 Å². The summed E-state index contributed by atoms with van der Waals surface area (Å²) in [7, 11) is 0. The van der Waals surface area contributed by atoms with E-state index in [-0.39, 0.29) is 18.2 Å². The fourth-order valence-electron chi connectivity index (χ4n) is 2.30. The summed E-state index contributed by atoms with van der Waals surface area (Å²) in [6.07, 6.45) is 6.03. The molecule has 1 unspecified atom stereocenters. The van der Waals surface area contributed by atoms with E-state index < -0.39 is 5.97 Å². The van der Waals surface area contributed by atoms with Crippen LogP contribution >= 0.6 is 0 Å². The molecule has 5 heteroatoms. The second-order valence-electron chi connectivity index (χ2n) is 4.22. The molecule has 5 nitrogen and oxygen atoms in total. The highest BCUT2D eigenvalue weighted by Gasteiger charge is 2.25. The Morgan fingerprint density at radius 2 is 2.35 bits per heavy atom. The zero-order valence-electron chi connectivity index (χ0n) is 9.54. The van der Waals surface area contributed by atoms with E-state index in [4.69, 9.17) is 5.11 Å². The number of nitrogens with zero attached hydrogens (tertiary/aromatic N) is 2. The van der Waals surface area contributed by atoms with Crippen LogP contribution in [0, 0.1) is 0 Å². The lowest BCUT2D eigenvalue weighted by molar-refractivity contribution is 0.0697. The van der Waals surface area contributed by atoms with Crippen molar-refractivity contribution in [3.8, 4) is 0 Å². The maximum absolute atomic E-state index is 11.1. The summed E-state index contributed by atoms with van der Waals surface area (Å²) in [5.74, 6) is -0.954. The van der Waals surface area contributed by atoms with Gasteiger partial charge < -0.3 is 15.1 Å². The highest BCUT2D eigenvalue weighted by molar-refractivity contribution is 5.94. The number of carboxylic acids is 1. The van der Waals surface area contributed by atoms with Crippen molar-refractivity contribution < 1.29 is 15.0 Å². The van der Waals surface area contributed by atoms with E-state index in [1.54, 1.807) is 6.20 Å². The highest BCUT2D eigenvalue weighted by atomic mass is 16.4. The highest BCUT2D eigenvalue weighted by Crippen LogP contribution is 2.27. The van der Waals surface area contributed by atoms with Crippen molar-refractivity contribution in [2.45, 2.75) is 25.3 Å². The summed E-state index contributed by atoms with van der Waals surface area (Å²) in [6.45, 7) is 0.825. The molecule has 1 saturated heterocycles. The fourth-order valence-corrected chi connectivity index (χ4v) is 2.30. The van der Waals surface area contributed by atoms with Gasteiger partial charge in [-0.15, -0.1) is 0 Å². The molecule has 0 saturated carbocycles. The van der Waals surface area contributed by atoms with E-state index in [9.17, 15) is 9.90 Å². The molecule has 2 rings (SSSR count). The number of aliphatic hydroxyl groups is 1. The van der Waals surface area contributed by atoms with Crippen LogP contribution in [-0.4, -0.2) is 40.4 Å². The molecular weight excluding hydrogens is 220 g/mol. The zero-order valence-corrected chi connectivity index (χ0v) is 9.54. The third-order valence-electron chi connectivity index (χ3n) is 3.18. The smallest absolute Gasteiger partial charge is 0.337 e. The van der Waals surface area contributed by atoms with Gasteiger partial charge in [0, 0.05) is 12.7 Å². The molecule has 0 radical (unpaired) electrons. The molecule has 0 spiro atoms. The molecule has 1 aliphatic heterocycles. The summed E-state index contributed by atoms with van der Waals surface area (Å²) >= 11 is 0. The third-order valence-corrected chi connectivity index (χ3v) is 3.18. The minimum Gasteiger partial charge on any atom is -0.478 e. The monoisotopic (exact) mass is 236 g/mol. The van der Waals surface area contributed by atoms with Crippen LogP contribution in [0.2, 0.25) is 0 Å². The van der Waals surface area contributed by atoms with Gasteiger partial charge in [-0.05, 0) is 25.3 Å². The van der Waals surface area contributed by atoms with E-state index in [1.807, 2.05) is 4.90 Å². The number of aromatic carboxylic acids is 1. The average molecular weight is 236 g/mol. The number of rotatable bonds is 3. The Kier molecular flexibility index (Phi) is 3.58. The SMILES string of the molecule is O=C(O)c1ccncc1N1CCCCC1CO. The number of anilines is 1. The molecular formula is C12H16N2O3. The molecule has 2 heterocycles. The average Bonchev–Trinajstić information content (AvgIpc) is 2.38. The summed E-state index contributed by atoms with van der Waals surface area (Å²) < 4.78 is 0. The molecule has 0 aliphatic carbocycles. The molecule has 0 bridgehead atoms. The molecule has 2 N–H and O–H groups in total. The first kappa shape index (κ1) is 11.9. The maximum Gasteiger partial charge on any atom is 0.337 e. The lowest BCUT2D eigenvalue weighted by Crippen LogP contribution is -2.42. The minimum atomic E-state index is -0.954. The van der Waals surface area contributed by atoms with Crippen LogP contribution in [0.5, 0.6) is 0 Å². The summed E-state index contributed by atoms with van der Waals surface area (Å²) in [5.41, 5.74) is 0.860. The predicted molar refractivity (Wildman–Crippen MR) is 63.3 cm³/mol. The largest absolute Gasteiger partial charge is 0.478 e. The molecule has 1 atom stereocenters. The van der Waals surface area contributed by atoms with E-state index in [0.29, 0.717) is 5.69 Å². The van der Waals surface area contributed by atoms with Gasteiger partial charge in [0.25, 0.3) is 0 Å². The number of carbonyl (C=O) groups is 1. The molecule has 1 fully saturated rings. The number of aliphatic hydroxyl groups excluding tert-OH is 1. The zero-order chi connectivity index (χ0) is 12.3. The van der Waals surface area contributed by atoms with Crippen LogP contribution in [0.3, 0.4) is 0 Å². The van der Waals surface area contributed by atoms with Gasteiger partial charge in [0.15, 0.2) is 0 Å². The number of hydrogen-bond acceptors (Lipinski definition) is 4. The Bertz CT molecular complexity index is 408. The number of piperidine rings is 1. The van der Waals surface area contributed by atoms with Crippen LogP contribution in [0.1, 0.15) is 29.6 Å². The van der Waals surface area contributed by atoms with Crippen molar-refractivity contribution in [1.82, 2.24) is 4.98 Å². The lowest BCUT2D eigenvalue weighted by Gasteiger charge is -2.36. The Hall–Kier alpha value is -1.62. The standard InChI is InChI=1S/C12H16N2O3/c15-8-9-3-1-2-6-14(9)11-7-13-5-4-10(11)12(16)17/h4-5,7,9,15H,1-3,6,8H2,(H,16,17). The van der Waals surface area contributed by atoms with E-state index in [0.717, 1.165) is 25.8 Å². The first-order valence-electron chi connectivity index (χ1n) is 5.79. The van der Waals surface area contributed by atoms with Gasteiger partial charge in [0.05, 0.1) is 30.1 Å². The Morgan fingerprint density at radius 1 is 1.53 bits per heavy atom. The van der Waals surface area contributed by atoms with Gasteiger partial charge in [-0.2, -0.15) is 0 Å². The predicted octanol–water partition coefficient (Wildman–Crippen LogP) is 1.13. The topological polar surface area (TPSA) is 73.7 Å². The van der Waals surface area contributed by atoms with Crippen LogP contribution < -0.4 is 4.90 Å². The van der Waals surface area contributed by atoms with Gasteiger partial charge in [0.1, 0.15) is 0 Å². The van der Waals surface area contributed by atoms with E-state index in [1.165, 1.54) is 12.3 Å². The fraction of sp³-hybridized carbons (Fsp3) is 0.500. The first-order valence-corrected chi connectivity index (χ1v) is 5.79. The second kappa shape index (κ2) is 5.14. The van der Waals surface area contributed by atoms with Gasteiger partial charge >= 0.3 is 5.97 Å². The lowest BCUT2D eigenvalue weighted by atomic mass is 10.0. The molecule has 1 aromatic heterocycles. The number of pyridine rings is 1. The van der Waals surface area contributed by atoms with Crippen molar-refractivity contribution in [1.29, 1.82) is 0 Å². The quantitative estimate of drug-likeness (QED) is 0.823. The molecule has 0 aromatic carbocycles. The van der Waals surface area contributed by atoms with Crippen molar-refractivity contribution >= 4 is 11.7 Å². The first-order chi connectivity index (χ1) is 8.24. The van der Waals surface area contributed by atoms with Crippen LogP contribution in [0.4, 0.5) is 5.69 Å². The third kappa shape index (κ3) is 2.39. The number of aromatic nitrogens is 1. The molecule has 1 aromatic rings. The minimum absolute atomic E-state index is 0.00560. The number of carboxylic acid groups (broad SMARTS) is 1. The molecule has 92 valence electrons. The summed E-state index contributed by atoms with van der Waals surface area (Å²) in [4.78, 5) is 17.1. The van der Waals surface area contributed by atoms with Crippen LogP contribution in [0.25, 0.3) is 0 Å². The number of hydrogen-bond donors (Lipinski definition) is 2. The Morgan fingerprint density at radius 3 is 3.06 bits per heavy atom. The van der Waals surface area contributed by atoms with Gasteiger partial charge in [-0.1, -0.05) is 0 Å². The van der Waals surface area contributed by atoms with Crippen molar-refractivity contribution in [2.75, 3.05) is 18.1 Å². The Balaban J connectivity index is 2.34. The van der Waals surface area contributed by atoms with Gasteiger partial charge in [0.2, 0.25) is 0 Å². The van der Waals surface area contributed by atoms with Crippen molar-refractivity contribution in [2.24, 2.45) is 0 Å². The van der Waals surface area contributed by atoms with Gasteiger partial charge in [-0.3, -0.25) is 4.98 Å². The summed E-state index contributed by atoms with van der Waals surface area (Å²) in [6, 6.07) is 1.51.